The fourth-order valence-electron chi connectivity index (χ4n) is 1.06. The van der Waals surface area contributed by atoms with Crippen molar-refractivity contribution < 1.29 is 4.79 Å². The first-order chi connectivity index (χ1) is 6.88. The lowest BCUT2D eigenvalue weighted by molar-refractivity contribution is 0.103. The molecular weight excluding hydrogens is 178 g/mol. The molecule has 2 aromatic heterocycles. The van der Waals surface area contributed by atoms with E-state index in [9.17, 15) is 4.79 Å². The largest absolute Gasteiger partial charge is 0.287 e. The van der Waals surface area contributed by atoms with Crippen molar-refractivity contribution in [1.29, 1.82) is 0 Å². The van der Waals surface area contributed by atoms with Crippen molar-refractivity contribution in [1.82, 2.24) is 15.0 Å². The third-order valence-corrected chi connectivity index (χ3v) is 1.72. The van der Waals surface area contributed by atoms with Crippen LogP contribution >= 0.6 is 0 Å². The smallest absolute Gasteiger partial charge is 0.214 e. The highest BCUT2D eigenvalue weighted by Crippen LogP contribution is 2.03. The molecule has 68 valence electrons. The molecule has 0 saturated heterocycles. The molecule has 2 aromatic rings. The number of aromatic nitrogens is 3. The molecule has 14 heavy (non-hydrogen) atoms. The predicted octanol–water partition coefficient (Wildman–Crippen LogP) is 1.10. The summed E-state index contributed by atoms with van der Waals surface area (Å²) in [6.45, 7) is 0. The molecule has 0 spiro atoms. The number of carbonyl (C=O) groups is 1. The van der Waals surface area contributed by atoms with Gasteiger partial charge >= 0.3 is 0 Å². The quantitative estimate of drug-likeness (QED) is 0.657. The van der Waals surface area contributed by atoms with Gasteiger partial charge in [0.1, 0.15) is 12.0 Å². The van der Waals surface area contributed by atoms with Crippen molar-refractivity contribution in [2.24, 2.45) is 0 Å². The van der Waals surface area contributed by atoms with Crippen LogP contribution in [0.5, 0.6) is 0 Å². The Kier molecular flexibility index (Phi) is 2.27. The minimum absolute atomic E-state index is 0.161. The maximum absolute atomic E-state index is 11.7. The van der Waals surface area contributed by atoms with Crippen molar-refractivity contribution in [2.45, 2.75) is 0 Å². The van der Waals surface area contributed by atoms with E-state index >= 15 is 0 Å². The van der Waals surface area contributed by atoms with Gasteiger partial charge in [-0.2, -0.15) is 0 Å². The van der Waals surface area contributed by atoms with Gasteiger partial charge in [0.25, 0.3) is 0 Å². The Morgan fingerprint density at radius 3 is 2.57 bits per heavy atom. The average Bonchev–Trinajstić information content (AvgIpc) is 2.30. The molecule has 2 rings (SSSR count). The van der Waals surface area contributed by atoms with E-state index in [2.05, 4.69) is 15.0 Å². The summed E-state index contributed by atoms with van der Waals surface area (Å²) in [6.07, 6.45) is 5.92. The second-order valence-electron chi connectivity index (χ2n) is 2.67. The van der Waals surface area contributed by atoms with Crippen LogP contribution < -0.4 is 0 Å². The zero-order chi connectivity index (χ0) is 9.80. The highest BCUT2D eigenvalue weighted by molar-refractivity contribution is 6.07. The van der Waals surface area contributed by atoms with Crippen LogP contribution in [0.3, 0.4) is 0 Å². The van der Waals surface area contributed by atoms with Crippen LogP contribution in [0, 0.1) is 0 Å². The van der Waals surface area contributed by atoms with Crippen LogP contribution in [-0.2, 0) is 0 Å². The Balaban J connectivity index is 2.35. The molecule has 0 bridgehead atoms. The van der Waals surface area contributed by atoms with Crippen LogP contribution in [0.2, 0.25) is 0 Å². The van der Waals surface area contributed by atoms with Gasteiger partial charge in [-0.3, -0.25) is 9.78 Å². The number of carbonyl (C=O) groups excluding carboxylic acids is 1. The van der Waals surface area contributed by atoms with Crippen molar-refractivity contribution in [3.05, 3.63) is 54.4 Å². The fourth-order valence-corrected chi connectivity index (χ4v) is 1.06. The number of hydrogen-bond donors (Lipinski definition) is 0. The highest BCUT2D eigenvalue weighted by atomic mass is 16.1. The molecule has 4 nitrogen and oxygen atoms in total. The van der Waals surface area contributed by atoms with Crippen LogP contribution in [0.1, 0.15) is 16.1 Å². The Morgan fingerprint density at radius 1 is 1.14 bits per heavy atom. The molecule has 0 N–H and O–H groups in total. The molecule has 0 fully saturated rings. The maximum Gasteiger partial charge on any atom is 0.214 e. The van der Waals surface area contributed by atoms with Crippen LogP contribution in [0.4, 0.5) is 0 Å². The van der Waals surface area contributed by atoms with Gasteiger partial charge in [-0.1, -0.05) is 6.07 Å². The van der Waals surface area contributed by atoms with E-state index < -0.39 is 0 Å². The minimum Gasteiger partial charge on any atom is -0.287 e. The van der Waals surface area contributed by atoms with Gasteiger partial charge < -0.3 is 0 Å². The third kappa shape index (κ3) is 1.64. The normalized spacial score (nSPS) is 9.71. The Hall–Kier alpha value is -2.10. The molecule has 0 aromatic carbocycles. The SMILES string of the molecule is O=C(c1cncnc1)c1ccccn1. The van der Waals surface area contributed by atoms with Crippen molar-refractivity contribution in [2.75, 3.05) is 0 Å². The summed E-state index contributed by atoms with van der Waals surface area (Å²) in [4.78, 5) is 23.2. The van der Waals surface area contributed by atoms with Gasteiger partial charge in [-0.25, -0.2) is 9.97 Å². The Labute approximate surface area is 80.7 Å². The maximum atomic E-state index is 11.7. The molecule has 0 saturated carbocycles. The summed E-state index contributed by atoms with van der Waals surface area (Å²) in [5, 5.41) is 0. The zero-order valence-electron chi connectivity index (χ0n) is 7.29. The Bertz CT molecular complexity index is 386. The molecule has 0 radical (unpaired) electrons. The van der Waals surface area contributed by atoms with Gasteiger partial charge in [0, 0.05) is 18.6 Å². The molecule has 0 amide bonds. The van der Waals surface area contributed by atoms with E-state index in [1.54, 1.807) is 24.4 Å². The number of pyridine rings is 1. The van der Waals surface area contributed by atoms with Gasteiger partial charge in [0.05, 0.1) is 5.56 Å². The molecule has 0 unspecified atom stereocenters. The molecule has 0 aliphatic carbocycles. The summed E-state index contributed by atoms with van der Waals surface area (Å²) in [6, 6.07) is 5.19. The summed E-state index contributed by atoms with van der Waals surface area (Å²) >= 11 is 0. The summed E-state index contributed by atoms with van der Waals surface area (Å²) in [5.41, 5.74) is 0.855. The molecule has 0 atom stereocenters. The monoisotopic (exact) mass is 185 g/mol. The summed E-state index contributed by atoms with van der Waals surface area (Å²) < 4.78 is 0. The second-order valence-corrected chi connectivity index (χ2v) is 2.67. The van der Waals surface area contributed by atoms with Gasteiger partial charge in [0.2, 0.25) is 5.78 Å². The zero-order valence-corrected chi connectivity index (χ0v) is 7.29. The van der Waals surface area contributed by atoms with Gasteiger partial charge in [0.15, 0.2) is 0 Å². The van der Waals surface area contributed by atoms with E-state index in [1.807, 2.05) is 0 Å². The first-order valence-electron chi connectivity index (χ1n) is 4.08. The van der Waals surface area contributed by atoms with E-state index in [0.29, 0.717) is 11.3 Å². The predicted molar refractivity (Wildman–Crippen MR) is 49.7 cm³/mol. The number of rotatable bonds is 2. The van der Waals surface area contributed by atoms with Crippen LogP contribution in [-0.4, -0.2) is 20.7 Å². The lowest BCUT2D eigenvalue weighted by Crippen LogP contribution is -2.04. The van der Waals surface area contributed by atoms with E-state index in [0.717, 1.165) is 0 Å². The lowest BCUT2D eigenvalue weighted by Gasteiger charge is -1.97. The Morgan fingerprint density at radius 2 is 1.93 bits per heavy atom. The van der Waals surface area contributed by atoms with Crippen molar-refractivity contribution in [3.8, 4) is 0 Å². The summed E-state index contributed by atoms with van der Waals surface area (Å²) in [5.74, 6) is -0.161. The first kappa shape index (κ1) is 8.50. The molecular formula is C10H7N3O. The first-order valence-corrected chi connectivity index (χ1v) is 4.08. The van der Waals surface area contributed by atoms with Gasteiger partial charge in [-0.05, 0) is 12.1 Å². The molecule has 4 heteroatoms. The third-order valence-electron chi connectivity index (χ3n) is 1.72. The number of hydrogen-bond acceptors (Lipinski definition) is 4. The number of nitrogens with zero attached hydrogens (tertiary/aromatic N) is 3. The summed E-state index contributed by atoms with van der Waals surface area (Å²) in [7, 11) is 0. The van der Waals surface area contributed by atoms with Gasteiger partial charge in [-0.15, -0.1) is 0 Å². The van der Waals surface area contributed by atoms with Crippen LogP contribution in [0.25, 0.3) is 0 Å². The van der Waals surface area contributed by atoms with E-state index in [1.165, 1.54) is 18.7 Å². The number of ketones is 1. The molecule has 2 heterocycles. The molecule has 0 aliphatic heterocycles. The second kappa shape index (κ2) is 3.74. The molecule has 0 aliphatic rings. The standard InChI is InChI=1S/C10H7N3O/c14-10(8-5-11-7-12-6-8)9-3-1-2-4-13-9/h1-7H. The highest BCUT2D eigenvalue weighted by Gasteiger charge is 2.09. The topological polar surface area (TPSA) is 55.7 Å². The van der Waals surface area contributed by atoms with E-state index in [4.69, 9.17) is 0 Å². The van der Waals surface area contributed by atoms with Crippen molar-refractivity contribution in [3.63, 3.8) is 0 Å². The van der Waals surface area contributed by atoms with E-state index in [-0.39, 0.29) is 5.78 Å². The van der Waals surface area contributed by atoms with Crippen molar-refractivity contribution >= 4 is 5.78 Å². The minimum atomic E-state index is -0.161. The fraction of sp³-hybridized carbons (Fsp3) is 0. The van der Waals surface area contributed by atoms with Crippen LogP contribution in [0.15, 0.2) is 43.1 Å². The lowest BCUT2D eigenvalue weighted by atomic mass is 10.1. The average molecular weight is 185 g/mol.